The van der Waals surface area contributed by atoms with E-state index in [1.807, 2.05) is 18.2 Å². The zero-order valence-electron chi connectivity index (χ0n) is 12.8. The first-order valence-corrected chi connectivity index (χ1v) is 7.18. The lowest BCUT2D eigenvalue weighted by atomic mass is 9.85. The van der Waals surface area contributed by atoms with Crippen LogP contribution in [0.15, 0.2) is 54.6 Å². The van der Waals surface area contributed by atoms with Crippen molar-refractivity contribution in [3.8, 4) is 0 Å². The topological polar surface area (TPSA) is 63.7 Å². The zero-order valence-corrected chi connectivity index (χ0v) is 12.8. The summed E-state index contributed by atoms with van der Waals surface area (Å²) in [6.45, 7) is 3.37. The van der Waals surface area contributed by atoms with Gasteiger partial charge in [0.25, 0.3) is 11.8 Å². The molecule has 0 fully saturated rings. The van der Waals surface area contributed by atoms with E-state index in [1.165, 1.54) is 12.1 Å². The van der Waals surface area contributed by atoms with Crippen LogP contribution in [-0.4, -0.2) is 22.8 Å². The number of fused-ring (bicyclic) bond motifs is 1. The van der Waals surface area contributed by atoms with Gasteiger partial charge in [-0.25, -0.2) is 4.79 Å². The lowest BCUT2D eigenvalue weighted by molar-refractivity contribution is -0.174. The molecule has 3 rings (SSSR count). The van der Waals surface area contributed by atoms with Gasteiger partial charge in [-0.3, -0.25) is 9.59 Å². The van der Waals surface area contributed by atoms with E-state index in [9.17, 15) is 14.4 Å². The highest BCUT2D eigenvalue weighted by Crippen LogP contribution is 2.28. The number of hydrogen-bond donors (Lipinski definition) is 0. The van der Waals surface area contributed by atoms with Gasteiger partial charge in [-0.2, -0.15) is 0 Å². The van der Waals surface area contributed by atoms with Crippen LogP contribution in [0.3, 0.4) is 0 Å². The molecule has 0 saturated carbocycles. The molecule has 0 aromatic heterocycles. The minimum absolute atomic E-state index is 0.239. The van der Waals surface area contributed by atoms with Crippen LogP contribution in [-0.2, 0) is 15.0 Å². The summed E-state index contributed by atoms with van der Waals surface area (Å²) >= 11 is 0. The minimum atomic E-state index is -0.989. The number of carbonyl (C=O) groups is 3. The predicted molar refractivity (Wildman–Crippen MR) is 82.5 cm³/mol. The molecule has 1 aliphatic rings. The van der Waals surface area contributed by atoms with Crippen molar-refractivity contribution in [3.63, 3.8) is 0 Å². The van der Waals surface area contributed by atoms with Crippen molar-refractivity contribution in [2.75, 3.05) is 0 Å². The molecule has 116 valence electrons. The van der Waals surface area contributed by atoms with Crippen LogP contribution >= 0.6 is 0 Å². The van der Waals surface area contributed by atoms with E-state index < -0.39 is 23.2 Å². The molecule has 1 aliphatic heterocycles. The summed E-state index contributed by atoms with van der Waals surface area (Å²) in [7, 11) is 0. The van der Waals surface area contributed by atoms with Gasteiger partial charge in [-0.05, 0) is 31.5 Å². The summed E-state index contributed by atoms with van der Waals surface area (Å²) in [6.07, 6.45) is 0. The highest BCUT2D eigenvalue weighted by Gasteiger charge is 2.42. The van der Waals surface area contributed by atoms with Crippen LogP contribution in [0, 0.1) is 0 Å². The van der Waals surface area contributed by atoms with E-state index in [1.54, 1.807) is 38.1 Å². The molecule has 2 aromatic rings. The Morgan fingerprint density at radius 2 is 1.35 bits per heavy atom. The Bertz CT molecular complexity index is 761. The van der Waals surface area contributed by atoms with Gasteiger partial charge in [0.15, 0.2) is 0 Å². The Hall–Kier alpha value is -2.95. The van der Waals surface area contributed by atoms with Crippen molar-refractivity contribution in [1.82, 2.24) is 5.06 Å². The van der Waals surface area contributed by atoms with Gasteiger partial charge in [-0.1, -0.05) is 47.5 Å². The standard InChI is InChI=1S/C18H15NO4/c1-18(2,12-8-4-3-5-9-12)17(22)23-19-15(20)13-10-6-7-11-14(13)16(19)21/h3-11H,1-2H3. The fraction of sp³-hybridized carbons (Fsp3) is 0.167. The van der Waals surface area contributed by atoms with Gasteiger partial charge in [0.05, 0.1) is 16.5 Å². The highest BCUT2D eigenvalue weighted by molar-refractivity contribution is 6.21. The maximum Gasteiger partial charge on any atom is 0.343 e. The van der Waals surface area contributed by atoms with Crippen molar-refractivity contribution < 1.29 is 19.2 Å². The van der Waals surface area contributed by atoms with Gasteiger partial charge < -0.3 is 4.84 Å². The van der Waals surface area contributed by atoms with Crippen LogP contribution in [0.2, 0.25) is 0 Å². The van der Waals surface area contributed by atoms with Crippen LogP contribution in [0.5, 0.6) is 0 Å². The second kappa shape index (κ2) is 5.35. The second-order valence-corrected chi connectivity index (χ2v) is 5.82. The first kappa shape index (κ1) is 15.0. The van der Waals surface area contributed by atoms with Crippen molar-refractivity contribution >= 4 is 17.8 Å². The van der Waals surface area contributed by atoms with E-state index in [-0.39, 0.29) is 11.1 Å². The van der Waals surface area contributed by atoms with Crippen LogP contribution in [0.25, 0.3) is 0 Å². The third-order valence-electron chi connectivity index (χ3n) is 3.94. The molecule has 2 aromatic carbocycles. The van der Waals surface area contributed by atoms with E-state index in [4.69, 9.17) is 4.84 Å². The number of carbonyl (C=O) groups excluding carboxylic acids is 3. The number of hydrogen-bond acceptors (Lipinski definition) is 4. The van der Waals surface area contributed by atoms with Gasteiger partial charge in [0, 0.05) is 0 Å². The third-order valence-corrected chi connectivity index (χ3v) is 3.94. The van der Waals surface area contributed by atoms with E-state index in [2.05, 4.69) is 0 Å². The Balaban J connectivity index is 1.85. The van der Waals surface area contributed by atoms with Crippen molar-refractivity contribution in [3.05, 3.63) is 71.3 Å². The van der Waals surface area contributed by atoms with Crippen molar-refractivity contribution in [2.24, 2.45) is 0 Å². The fourth-order valence-electron chi connectivity index (χ4n) is 2.42. The Kier molecular flexibility index (Phi) is 3.48. The first-order chi connectivity index (χ1) is 10.9. The Morgan fingerprint density at radius 1 is 0.870 bits per heavy atom. The summed E-state index contributed by atoms with van der Waals surface area (Å²) < 4.78 is 0. The molecule has 5 heteroatoms. The summed E-state index contributed by atoms with van der Waals surface area (Å²) in [5.41, 5.74) is 0.226. The van der Waals surface area contributed by atoms with Crippen LogP contribution in [0.1, 0.15) is 40.1 Å². The molecular formula is C18H15NO4. The summed E-state index contributed by atoms with van der Waals surface area (Å²) in [5, 5.41) is 0.539. The summed E-state index contributed by atoms with van der Waals surface area (Å²) in [4.78, 5) is 42.1. The van der Waals surface area contributed by atoms with E-state index in [0.717, 1.165) is 5.56 Å². The second-order valence-electron chi connectivity index (χ2n) is 5.82. The number of rotatable bonds is 3. The summed E-state index contributed by atoms with van der Waals surface area (Å²) in [6, 6.07) is 15.4. The molecule has 0 aliphatic carbocycles. The number of imide groups is 1. The van der Waals surface area contributed by atoms with Gasteiger partial charge in [-0.15, -0.1) is 0 Å². The minimum Gasteiger partial charge on any atom is -0.329 e. The zero-order chi connectivity index (χ0) is 16.6. The van der Waals surface area contributed by atoms with Gasteiger partial charge in [0.2, 0.25) is 0 Å². The van der Waals surface area contributed by atoms with Crippen LogP contribution in [0.4, 0.5) is 0 Å². The molecule has 0 atom stereocenters. The number of hydroxylamine groups is 2. The average Bonchev–Trinajstić information content (AvgIpc) is 2.81. The lowest BCUT2D eigenvalue weighted by Gasteiger charge is -2.24. The molecule has 0 radical (unpaired) electrons. The Labute approximate surface area is 133 Å². The molecule has 0 N–H and O–H groups in total. The molecule has 0 bridgehead atoms. The maximum atomic E-state index is 12.5. The normalized spacial score (nSPS) is 13.9. The number of nitrogens with zero attached hydrogens (tertiary/aromatic N) is 1. The molecule has 23 heavy (non-hydrogen) atoms. The largest absolute Gasteiger partial charge is 0.343 e. The quantitative estimate of drug-likeness (QED) is 0.818. The SMILES string of the molecule is CC(C)(C(=O)ON1C(=O)c2ccccc2C1=O)c1ccccc1. The molecule has 5 nitrogen and oxygen atoms in total. The molecular weight excluding hydrogens is 294 g/mol. The molecule has 2 amide bonds. The monoisotopic (exact) mass is 309 g/mol. The van der Waals surface area contributed by atoms with Crippen LogP contribution < -0.4 is 0 Å². The molecule has 0 unspecified atom stereocenters. The summed E-state index contributed by atoms with van der Waals surface area (Å²) in [5.74, 6) is -1.91. The maximum absolute atomic E-state index is 12.5. The van der Waals surface area contributed by atoms with E-state index in [0.29, 0.717) is 5.06 Å². The highest BCUT2D eigenvalue weighted by atomic mass is 16.7. The molecule has 0 spiro atoms. The van der Waals surface area contributed by atoms with E-state index >= 15 is 0 Å². The number of amides is 2. The van der Waals surface area contributed by atoms with Gasteiger partial charge >= 0.3 is 5.97 Å². The lowest BCUT2D eigenvalue weighted by Crippen LogP contribution is -2.40. The number of benzene rings is 2. The first-order valence-electron chi connectivity index (χ1n) is 7.18. The average molecular weight is 309 g/mol. The fourth-order valence-corrected chi connectivity index (χ4v) is 2.42. The molecule has 0 saturated heterocycles. The predicted octanol–water partition coefficient (Wildman–Crippen LogP) is 2.72. The van der Waals surface area contributed by atoms with Gasteiger partial charge in [0.1, 0.15) is 0 Å². The Morgan fingerprint density at radius 3 is 1.87 bits per heavy atom. The molecule has 1 heterocycles. The van der Waals surface area contributed by atoms with Crippen molar-refractivity contribution in [1.29, 1.82) is 0 Å². The third kappa shape index (κ3) is 2.40. The smallest absolute Gasteiger partial charge is 0.329 e. The van der Waals surface area contributed by atoms with Crippen molar-refractivity contribution in [2.45, 2.75) is 19.3 Å².